The number of methoxy groups -OCH3 is 1. The summed E-state index contributed by atoms with van der Waals surface area (Å²) in [6, 6.07) is 7.64. The van der Waals surface area contributed by atoms with Crippen molar-refractivity contribution in [3.63, 3.8) is 0 Å². The van der Waals surface area contributed by atoms with E-state index < -0.39 is 5.97 Å². The van der Waals surface area contributed by atoms with E-state index >= 15 is 0 Å². The van der Waals surface area contributed by atoms with Crippen LogP contribution in [0.15, 0.2) is 40.6 Å². The van der Waals surface area contributed by atoms with Crippen LogP contribution in [0.25, 0.3) is 0 Å². The van der Waals surface area contributed by atoms with Crippen LogP contribution in [0, 0.1) is 6.92 Å². The largest absolute Gasteiger partial charge is 0.511 e. The summed E-state index contributed by atoms with van der Waals surface area (Å²) >= 11 is 0. The van der Waals surface area contributed by atoms with Crippen molar-refractivity contribution in [1.29, 1.82) is 0 Å². The lowest BCUT2D eigenvalue weighted by Crippen LogP contribution is -2.21. The molecule has 0 spiro atoms. The number of esters is 1. The van der Waals surface area contributed by atoms with Gasteiger partial charge in [0.25, 0.3) is 0 Å². The van der Waals surface area contributed by atoms with E-state index in [1.165, 1.54) is 7.11 Å². The Hall–Kier alpha value is -2.43. The minimum Gasteiger partial charge on any atom is -0.511 e. The molecule has 0 saturated heterocycles. The summed E-state index contributed by atoms with van der Waals surface area (Å²) in [6.45, 7) is 1.95. The zero-order chi connectivity index (χ0) is 16.8. The Morgan fingerprint density at radius 1 is 1.26 bits per heavy atom. The molecule has 0 aliphatic heterocycles. The molecule has 5 heteroatoms. The van der Waals surface area contributed by atoms with E-state index in [9.17, 15) is 14.7 Å². The van der Waals surface area contributed by atoms with E-state index in [1.807, 2.05) is 31.2 Å². The molecule has 5 nitrogen and oxygen atoms in total. The van der Waals surface area contributed by atoms with Gasteiger partial charge in [-0.2, -0.15) is 0 Å². The second-order valence-corrected chi connectivity index (χ2v) is 5.52. The highest BCUT2D eigenvalue weighted by Crippen LogP contribution is 2.26. The van der Waals surface area contributed by atoms with Crippen molar-refractivity contribution in [2.45, 2.75) is 39.0 Å². The number of aliphatic hydroxyl groups excluding tert-OH is 1. The number of aliphatic hydroxyl groups is 1. The van der Waals surface area contributed by atoms with Crippen LogP contribution < -0.4 is 0 Å². The van der Waals surface area contributed by atoms with Gasteiger partial charge in [-0.25, -0.2) is 0 Å². The zero-order valence-electron chi connectivity index (χ0n) is 13.5. The van der Waals surface area contributed by atoms with Gasteiger partial charge in [0.05, 0.1) is 30.5 Å². The van der Waals surface area contributed by atoms with Gasteiger partial charge in [-0.05, 0) is 31.4 Å². The standard InChI is InChI=1S/C18H21NO4/c1-12-6-3-4-7-13(12)19-14-8-5-9-15(20)18(14)16(21)10-11-17(22)23-2/h3-4,6-7,21H,5,8-11H2,1-2H3. The van der Waals surface area contributed by atoms with Crippen LogP contribution in [-0.4, -0.2) is 29.7 Å². The Bertz CT molecular complexity index is 673. The second kappa shape index (κ2) is 7.72. The molecule has 1 saturated carbocycles. The summed E-state index contributed by atoms with van der Waals surface area (Å²) < 4.78 is 4.57. The van der Waals surface area contributed by atoms with Gasteiger partial charge in [0.15, 0.2) is 5.78 Å². The third-order valence-corrected chi connectivity index (χ3v) is 3.84. The van der Waals surface area contributed by atoms with Gasteiger partial charge in [0.2, 0.25) is 0 Å². The third-order valence-electron chi connectivity index (χ3n) is 3.84. The van der Waals surface area contributed by atoms with Gasteiger partial charge in [-0.15, -0.1) is 0 Å². The van der Waals surface area contributed by atoms with Crippen LogP contribution in [0.5, 0.6) is 0 Å². The van der Waals surface area contributed by atoms with E-state index in [-0.39, 0.29) is 30.0 Å². The minimum atomic E-state index is -0.419. The molecule has 0 atom stereocenters. The molecule has 23 heavy (non-hydrogen) atoms. The number of hydrogen-bond acceptors (Lipinski definition) is 5. The first kappa shape index (κ1) is 16.9. The maximum Gasteiger partial charge on any atom is 0.305 e. The number of Topliss-reactive ketones (excluding diaryl/α,β-unsaturated/α-hetero) is 1. The number of ketones is 1. The van der Waals surface area contributed by atoms with Gasteiger partial charge < -0.3 is 9.84 Å². The topological polar surface area (TPSA) is 76.0 Å². The highest BCUT2D eigenvalue weighted by atomic mass is 16.5. The molecule has 1 fully saturated rings. The Kier molecular flexibility index (Phi) is 5.68. The number of benzene rings is 1. The lowest BCUT2D eigenvalue weighted by atomic mass is 9.89. The predicted octanol–water partition coefficient (Wildman–Crippen LogP) is 3.59. The molecule has 0 heterocycles. The number of ether oxygens (including phenoxy) is 1. The summed E-state index contributed by atoms with van der Waals surface area (Å²) in [6.07, 6.45) is 1.87. The number of rotatable bonds is 4. The first-order valence-corrected chi connectivity index (χ1v) is 7.68. The highest BCUT2D eigenvalue weighted by Gasteiger charge is 2.25. The summed E-state index contributed by atoms with van der Waals surface area (Å²) in [5.74, 6) is -0.615. The number of allylic oxidation sites excluding steroid dienone is 2. The van der Waals surface area contributed by atoms with Crippen molar-refractivity contribution in [2.75, 3.05) is 7.11 Å². The Morgan fingerprint density at radius 3 is 2.70 bits per heavy atom. The molecule has 0 aromatic heterocycles. The first-order chi connectivity index (χ1) is 11.0. The monoisotopic (exact) mass is 315 g/mol. The van der Waals surface area contributed by atoms with Crippen LogP contribution in [0.4, 0.5) is 5.69 Å². The molecule has 1 aromatic rings. The van der Waals surface area contributed by atoms with Crippen LogP contribution in [0.1, 0.15) is 37.7 Å². The van der Waals surface area contributed by atoms with Crippen molar-refractivity contribution < 1.29 is 19.4 Å². The van der Waals surface area contributed by atoms with E-state index in [0.717, 1.165) is 17.7 Å². The fourth-order valence-electron chi connectivity index (χ4n) is 2.55. The Labute approximate surface area is 135 Å². The normalized spacial score (nSPS) is 18.9. The fourth-order valence-corrected chi connectivity index (χ4v) is 2.55. The average molecular weight is 315 g/mol. The number of carbonyl (C=O) groups is 2. The van der Waals surface area contributed by atoms with Gasteiger partial charge in [0, 0.05) is 12.8 Å². The minimum absolute atomic E-state index is 0.0385. The van der Waals surface area contributed by atoms with E-state index in [1.54, 1.807) is 0 Å². The number of hydrogen-bond donors (Lipinski definition) is 1. The number of carbonyl (C=O) groups excluding carboxylic acids is 2. The molecule has 1 N–H and O–H groups in total. The summed E-state index contributed by atoms with van der Waals surface area (Å²) in [7, 11) is 1.29. The number of nitrogens with zero attached hydrogens (tertiary/aromatic N) is 1. The third kappa shape index (κ3) is 4.28. The molecular weight excluding hydrogens is 294 g/mol. The lowest BCUT2D eigenvalue weighted by molar-refractivity contribution is -0.140. The smallest absolute Gasteiger partial charge is 0.305 e. The molecule has 0 unspecified atom stereocenters. The zero-order valence-corrected chi connectivity index (χ0v) is 13.5. The fraction of sp³-hybridized carbons (Fsp3) is 0.389. The summed E-state index contributed by atoms with van der Waals surface area (Å²) in [4.78, 5) is 28.0. The van der Waals surface area contributed by atoms with Crippen molar-refractivity contribution in [3.05, 3.63) is 41.2 Å². The van der Waals surface area contributed by atoms with Gasteiger partial charge >= 0.3 is 5.97 Å². The maximum atomic E-state index is 12.2. The van der Waals surface area contributed by atoms with Crippen LogP contribution in [0.2, 0.25) is 0 Å². The van der Waals surface area contributed by atoms with Crippen molar-refractivity contribution in [1.82, 2.24) is 0 Å². The first-order valence-electron chi connectivity index (χ1n) is 7.68. The molecule has 122 valence electrons. The van der Waals surface area contributed by atoms with Crippen LogP contribution in [-0.2, 0) is 14.3 Å². The SMILES string of the molecule is COC(=O)CCC(O)=C1C(=O)CCCC1=Nc1ccccc1C. The van der Waals surface area contributed by atoms with Gasteiger partial charge in [0.1, 0.15) is 5.76 Å². The van der Waals surface area contributed by atoms with Gasteiger partial charge in [-0.3, -0.25) is 14.6 Å². The molecular formula is C18H21NO4. The van der Waals surface area contributed by atoms with Crippen molar-refractivity contribution in [2.24, 2.45) is 4.99 Å². The average Bonchev–Trinajstić information content (AvgIpc) is 2.54. The van der Waals surface area contributed by atoms with E-state index in [0.29, 0.717) is 18.6 Å². The maximum absolute atomic E-state index is 12.2. The van der Waals surface area contributed by atoms with Crippen molar-refractivity contribution >= 4 is 23.2 Å². The summed E-state index contributed by atoms with van der Waals surface area (Å²) in [5, 5.41) is 10.3. The second-order valence-electron chi connectivity index (χ2n) is 5.52. The van der Waals surface area contributed by atoms with Crippen LogP contribution >= 0.6 is 0 Å². The highest BCUT2D eigenvalue weighted by molar-refractivity contribution is 6.24. The molecule has 1 aromatic carbocycles. The van der Waals surface area contributed by atoms with E-state index in [4.69, 9.17) is 0 Å². The Morgan fingerprint density at radius 2 is 2.00 bits per heavy atom. The van der Waals surface area contributed by atoms with Crippen LogP contribution in [0.3, 0.4) is 0 Å². The van der Waals surface area contributed by atoms with E-state index in [2.05, 4.69) is 9.73 Å². The number of aryl methyl sites for hydroxylation is 1. The molecule has 0 bridgehead atoms. The Balaban J connectivity index is 2.34. The van der Waals surface area contributed by atoms with Crippen molar-refractivity contribution in [3.8, 4) is 0 Å². The molecule has 2 rings (SSSR count). The molecule has 0 radical (unpaired) electrons. The number of aliphatic imine (C=N–C) groups is 1. The molecule has 0 amide bonds. The molecule has 1 aliphatic rings. The summed E-state index contributed by atoms with van der Waals surface area (Å²) in [5.41, 5.74) is 2.66. The lowest BCUT2D eigenvalue weighted by Gasteiger charge is -2.18. The quantitative estimate of drug-likeness (QED) is 0.523. The van der Waals surface area contributed by atoms with Gasteiger partial charge in [-0.1, -0.05) is 18.2 Å². The number of para-hydroxylation sites is 1. The molecule has 1 aliphatic carbocycles. The predicted molar refractivity (Wildman–Crippen MR) is 88.0 cm³/mol.